The Balaban J connectivity index is 0.852. The van der Waals surface area contributed by atoms with E-state index in [4.69, 9.17) is 17.7 Å². The lowest BCUT2D eigenvalue weighted by atomic mass is 10.0. The van der Waals surface area contributed by atoms with Crippen molar-refractivity contribution in [1.82, 2.24) is 0 Å². The molecule has 0 spiro atoms. The Hall–Kier alpha value is -9.26. The predicted molar refractivity (Wildman–Crippen MR) is 289 cm³/mol. The van der Waals surface area contributed by atoms with Gasteiger partial charge < -0.3 is 27.5 Å². The summed E-state index contributed by atoms with van der Waals surface area (Å²) in [5.41, 5.74) is 15.6. The highest BCUT2D eigenvalue weighted by Gasteiger charge is 2.22. The van der Waals surface area contributed by atoms with Gasteiger partial charge in [0.15, 0.2) is 0 Å². The number of fused-ring (bicyclic) bond motifs is 15. The maximum atomic E-state index is 6.94. The van der Waals surface area contributed by atoms with Gasteiger partial charge in [-0.2, -0.15) is 0 Å². The average Bonchev–Trinajstić information content (AvgIpc) is 4.16. The van der Waals surface area contributed by atoms with Crippen molar-refractivity contribution in [3.63, 3.8) is 0 Å². The standard InChI is InChI=1S/C64H40N2O4/c1-37-11-3-7-15-54(37)65(45-23-26-58-51(35-45)47-13-5-9-17-56(47)67-58)43-21-19-39-31-50-49-25-28-60-63(64(49)70-61(50)33-41(39)29-43)53-32-40-20-22-44(30-42(40)34-62(53)69-60)66(55-16-8-4-12-38(55)2)46-24-27-59-52(36-46)48-14-6-10-18-57(48)68-59/h3-36H,1-2H3. The number of para-hydroxylation sites is 4. The van der Waals surface area contributed by atoms with Gasteiger partial charge in [0.2, 0.25) is 0 Å². The molecule has 0 saturated carbocycles. The molecule has 70 heavy (non-hydrogen) atoms. The minimum absolute atomic E-state index is 0.794. The third-order valence-electron chi connectivity index (χ3n) is 14.4. The molecular formula is C64H40N2O4. The predicted octanol–water partition coefficient (Wildman–Crippen LogP) is 19.1. The number of anilines is 6. The molecule has 4 aromatic heterocycles. The van der Waals surface area contributed by atoms with Crippen LogP contribution in [0, 0.1) is 13.8 Å². The van der Waals surface area contributed by atoms with Crippen molar-refractivity contribution in [2.45, 2.75) is 13.8 Å². The number of hydrogen-bond acceptors (Lipinski definition) is 6. The molecule has 0 aliphatic carbocycles. The molecule has 11 aromatic carbocycles. The van der Waals surface area contributed by atoms with Crippen molar-refractivity contribution < 1.29 is 17.7 Å². The van der Waals surface area contributed by atoms with Crippen LogP contribution in [-0.2, 0) is 0 Å². The summed E-state index contributed by atoms with van der Waals surface area (Å²) >= 11 is 0. The van der Waals surface area contributed by atoms with Gasteiger partial charge in [0.25, 0.3) is 0 Å². The molecule has 0 aliphatic heterocycles. The highest BCUT2D eigenvalue weighted by Crippen LogP contribution is 2.46. The van der Waals surface area contributed by atoms with Gasteiger partial charge in [-0.05, 0) is 168 Å². The van der Waals surface area contributed by atoms with Crippen LogP contribution in [-0.4, -0.2) is 0 Å². The first-order valence-electron chi connectivity index (χ1n) is 23.7. The van der Waals surface area contributed by atoms with Gasteiger partial charge in [-0.1, -0.05) is 84.9 Å². The molecular weight excluding hydrogens is 861 g/mol. The Morgan fingerprint density at radius 1 is 0.271 bits per heavy atom. The van der Waals surface area contributed by atoms with Crippen LogP contribution in [0.15, 0.2) is 224 Å². The van der Waals surface area contributed by atoms with Gasteiger partial charge >= 0.3 is 0 Å². The van der Waals surface area contributed by atoms with E-state index >= 15 is 0 Å². The van der Waals surface area contributed by atoms with Crippen LogP contribution in [0.25, 0.3) is 109 Å². The molecule has 0 atom stereocenters. The van der Waals surface area contributed by atoms with Crippen LogP contribution in [0.5, 0.6) is 0 Å². The Labute approximate surface area is 400 Å². The Bertz CT molecular complexity index is 4660. The van der Waals surface area contributed by atoms with Crippen molar-refractivity contribution in [2.75, 3.05) is 9.80 Å². The summed E-state index contributed by atoms with van der Waals surface area (Å²) in [6, 6.07) is 73.0. The summed E-state index contributed by atoms with van der Waals surface area (Å²) in [7, 11) is 0. The molecule has 0 radical (unpaired) electrons. The molecule has 15 rings (SSSR count). The first-order valence-corrected chi connectivity index (χ1v) is 23.7. The first-order chi connectivity index (χ1) is 34.5. The lowest BCUT2D eigenvalue weighted by Crippen LogP contribution is -2.11. The fourth-order valence-electron chi connectivity index (χ4n) is 11.0. The third kappa shape index (κ3) is 5.80. The van der Waals surface area contributed by atoms with Gasteiger partial charge in [-0.3, -0.25) is 0 Å². The van der Waals surface area contributed by atoms with Crippen molar-refractivity contribution in [3.8, 4) is 0 Å². The second-order valence-corrected chi connectivity index (χ2v) is 18.6. The Morgan fingerprint density at radius 2 is 0.700 bits per heavy atom. The summed E-state index contributed by atoms with van der Waals surface area (Å²) in [5, 5.41) is 12.9. The summed E-state index contributed by atoms with van der Waals surface area (Å²) in [6.07, 6.45) is 0. The number of rotatable bonds is 6. The van der Waals surface area contributed by atoms with E-state index in [2.05, 4.69) is 206 Å². The first kappa shape index (κ1) is 38.8. The molecule has 0 saturated heterocycles. The Kier molecular flexibility index (Phi) is 8.10. The molecule has 6 heteroatoms. The molecule has 0 amide bonds. The van der Waals surface area contributed by atoms with E-state index in [-0.39, 0.29) is 0 Å². The highest BCUT2D eigenvalue weighted by molar-refractivity contribution is 6.24. The number of nitrogens with zero attached hydrogens (tertiary/aromatic N) is 2. The van der Waals surface area contributed by atoms with E-state index in [0.717, 1.165) is 143 Å². The molecule has 0 unspecified atom stereocenters. The molecule has 330 valence electrons. The fraction of sp³-hybridized carbons (Fsp3) is 0.0312. The molecule has 0 fully saturated rings. The Morgan fingerprint density at radius 3 is 1.27 bits per heavy atom. The normalized spacial score (nSPS) is 12.1. The average molecular weight is 901 g/mol. The van der Waals surface area contributed by atoms with Crippen LogP contribution in [0.4, 0.5) is 34.1 Å². The second-order valence-electron chi connectivity index (χ2n) is 18.6. The van der Waals surface area contributed by atoms with E-state index in [1.54, 1.807) is 0 Å². The smallest absolute Gasteiger partial charge is 0.147 e. The topological polar surface area (TPSA) is 59.0 Å². The maximum Gasteiger partial charge on any atom is 0.147 e. The molecule has 4 heterocycles. The van der Waals surface area contributed by atoms with Crippen molar-refractivity contribution in [3.05, 3.63) is 217 Å². The van der Waals surface area contributed by atoms with Gasteiger partial charge in [0.1, 0.15) is 44.7 Å². The summed E-state index contributed by atoms with van der Waals surface area (Å²) in [5.74, 6) is 0. The van der Waals surface area contributed by atoms with Crippen molar-refractivity contribution >= 4 is 143 Å². The summed E-state index contributed by atoms with van der Waals surface area (Å²) in [4.78, 5) is 4.68. The minimum atomic E-state index is 0.794. The number of hydrogen-bond donors (Lipinski definition) is 0. The van der Waals surface area contributed by atoms with E-state index in [1.165, 1.54) is 11.1 Å². The van der Waals surface area contributed by atoms with Gasteiger partial charge in [-0.15, -0.1) is 0 Å². The molecule has 6 nitrogen and oxygen atoms in total. The SMILES string of the molecule is Cc1ccccc1N(c1ccc2cc3c(cc2c1)oc1c3ccc2oc3cc4cc(N(c5ccc6oc7ccccc7c6c5)c5ccccc5C)ccc4cc3c21)c1ccc2oc3ccccc3c2c1. The number of benzene rings is 11. The van der Waals surface area contributed by atoms with E-state index in [9.17, 15) is 0 Å². The molecule has 0 N–H and O–H groups in total. The zero-order valence-corrected chi connectivity index (χ0v) is 38.2. The number of aryl methyl sites for hydroxylation is 2. The molecule has 0 aliphatic rings. The molecule has 15 aromatic rings. The van der Waals surface area contributed by atoms with E-state index < -0.39 is 0 Å². The van der Waals surface area contributed by atoms with Crippen LogP contribution >= 0.6 is 0 Å². The zero-order valence-electron chi connectivity index (χ0n) is 38.2. The lowest BCUT2D eigenvalue weighted by Gasteiger charge is -2.27. The molecule has 0 bridgehead atoms. The van der Waals surface area contributed by atoms with Crippen LogP contribution in [0.1, 0.15) is 11.1 Å². The lowest BCUT2D eigenvalue weighted by molar-refractivity contribution is 0.663. The second kappa shape index (κ2) is 14.6. The van der Waals surface area contributed by atoms with Crippen LogP contribution in [0.3, 0.4) is 0 Å². The summed E-state index contributed by atoms with van der Waals surface area (Å²) in [6.45, 7) is 4.33. The number of furan rings is 4. The van der Waals surface area contributed by atoms with Crippen molar-refractivity contribution in [2.24, 2.45) is 0 Å². The highest BCUT2D eigenvalue weighted by atomic mass is 16.3. The zero-order chi connectivity index (χ0) is 46.2. The maximum absolute atomic E-state index is 6.94. The third-order valence-corrected chi connectivity index (χ3v) is 14.4. The van der Waals surface area contributed by atoms with Gasteiger partial charge in [-0.25, -0.2) is 0 Å². The van der Waals surface area contributed by atoms with E-state index in [0.29, 0.717) is 0 Å². The largest absolute Gasteiger partial charge is 0.456 e. The quantitative estimate of drug-likeness (QED) is 0.166. The van der Waals surface area contributed by atoms with Crippen molar-refractivity contribution in [1.29, 1.82) is 0 Å². The van der Waals surface area contributed by atoms with Gasteiger partial charge in [0, 0.05) is 71.8 Å². The fourth-order valence-corrected chi connectivity index (χ4v) is 11.0. The van der Waals surface area contributed by atoms with Crippen LogP contribution in [0.2, 0.25) is 0 Å². The summed E-state index contributed by atoms with van der Waals surface area (Å²) < 4.78 is 26.1. The van der Waals surface area contributed by atoms with E-state index in [1.807, 2.05) is 24.3 Å². The van der Waals surface area contributed by atoms with Crippen LogP contribution < -0.4 is 9.80 Å². The minimum Gasteiger partial charge on any atom is -0.456 e. The monoisotopic (exact) mass is 900 g/mol. The van der Waals surface area contributed by atoms with Gasteiger partial charge in [0.05, 0.1) is 5.39 Å².